The van der Waals surface area contributed by atoms with Crippen LogP contribution in [0.15, 0.2) is 54.6 Å². The zero-order valence-electron chi connectivity index (χ0n) is 17.0. The molecular weight excluding hydrogens is 386 g/mol. The normalized spacial score (nSPS) is 19.5. The summed E-state index contributed by atoms with van der Waals surface area (Å²) < 4.78 is 0. The number of carbonyl (C=O) groups excluding carboxylic acids is 2. The van der Waals surface area contributed by atoms with Crippen LogP contribution in [0.5, 0.6) is 0 Å². The summed E-state index contributed by atoms with van der Waals surface area (Å²) in [5.74, 6) is 0.198. The molecule has 2 amide bonds. The number of piperidine rings is 1. The van der Waals surface area contributed by atoms with E-state index in [9.17, 15) is 9.59 Å². The Morgan fingerprint density at radius 2 is 1.79 bits per heavy atom. The Bertz CT molecular complexity index is 796. The summed E-state index contributed by atoms with van der Waals surface area (Å²) in [6.07, 6.45) is 1.15. The molecule has 1 aliphatic heterocycles. The fourth-order valence-electron chi connectivity index (χ4n) is 3.56. The standard InChI is InChI=1S/C23H29N3O2.ClH/c1-16-8-10-19(11-9-16)23(28)26-21(18-6-4-3-5-7-18)14-22(27)25-20-12-13-24-15-17(20)2;/h3-11,17,20-21,24H,12-15H2,1-2H3,(H,25,27)(H,26,28);1H. The van der Waals surface area contributed by atoms with Gasteiger partial charge in [0, 0.05) is 11.6 Å². The van der Waals surface area contributed by atoms with Gasteiger partial charge in [-0.1, -0.05) is 55.0 Å². The Balaban J connectivity index is 0.00000300. The molecule has 0 aromatic heterocycles. The molecule has 0 aliphatic carbocycles. The quantitative estimate of drug-likeness (QED) is 0.677. The lowest BCUT2D eigenvalue weighted by Crippen LogP contribution is -2.49. The maximum atomic E-state index is 12.7. The molecule has 2 aromatic rings. The maximum Gasteiger partial charge on any atom is 0.251 e. The van der Waals surface area contributed by atoms with Gasteiger partial charge in [0.1, 0.15) is 0 Å². The molecule has 5 nitrogen and oxygen atoms in total. The van der Waals surface area contributed by atoms with Gasteiger partial charge in [-0.3, -0.25) is 9.59 Å². The first-order valence-corrected chi connectivity index (χ1v) is 9.95. The average Bonchev–Trinajstić information content (AvgIpc) is 2.70. The summed E-state index contributed by atoms with van der Waals surface area (Å²) in [5, 5.41) is 9.54. The lowest BCUT2D eigenvalue weighted by Gasteiger charge is -2.31. The van der Waals surface area contributed by atoms with Gasteiger partial charge in [-0.2, -0.15) is 0 Å². The molecule has 3 unspecified atom stereocenters. The van der Waals surface area contributed by atoms with Crippen LogP contribution in [-0.2, 0) is 4.79 Å². The SMILES string of the molecule is Cc1ccc(C(=O)NC(CC(=O)NC2CCNCC2C)c2ccccc2)cc1.Cl. The van der Waals surface area contributed by atoms with Gasteiger partial charge in [0.25, 0.3) is 5.91 Å². The molecule has 3 atom stereocenters. The predicted molar refractivity (Wildman–Crippen MR) is 118 cm³/mol. The third kappa shape index (κ3) is 6.58. The minimum Gasteiger partial charge on any atom is -0.353 e. The van der Waals surface area contributed by atoms with Crippen LogP contribution in [0.1, 0.15) is 47.3 Å². The summed E-state index contributed by atoms with van der Waals surface area (Å²) in [5.41, 5.74) is 2.63. The number of amides is 2. The van der Waals surface area contributed by atoms with Crippen molar-refractivity contribution in [2.24, 2.45) is 5.92 Å². The number of aryl methyl sites for hydroxylation is 1. The van der Waals surface area contributed by atoms with Crippen molar-refractivity contribution in [3.63, 3.8) is 0 Å². The molecule has 3 rings (SSSR count). The van der Waals surface area contributed by atoms with E-state index in [4.69, 9.17) is 0 Å². The van der Waals surface area contributed by atoms with Crippen LogP contribution < -0.4 is 16.0 Å². The number of nitrogens with one attached hydrogen (secondary N) is 3. The highest BCUT2D eigenvalue weighted by atomic mass is 35.5. The van der Waals surface area contributed by atoms with Crippen LogP contribution >= 0.6 is 12.4 Å². The highest BCUT2D eigenvalue weighted by Gasteiger charge is 2.25. The van der Waals surface area contributed by atoms with Gasteiger partial charge >= 0.3 is 0 Å². The van der Waals surface area contributed by atoms with E-state index in [0.29, 0.717) is 11.5 Å². The van der Waals surface area contributed by atoms with Crippen LogP contribution in [0.25, 0.3) is 0 Å². The molecule has 3 N–H and O–H groups in total. The Kier molecular flexibility index (Phi) is 8.68. The second kappa shape index (κ2) is 11.0. The molecular formula is C23H30ClN3O2. The van der Waals surface area contributed by atoms with E-state index < -0.39 is 0 Å². The summed E-state index contributed by atoms with van der Waals surface area (Å²) >= 11 is 0. The molecule has 2 aromatic carbocycles. The fraction of sp³-hybridized carbons (Fsp3) is 0.391. The van der Waals surface area contributed by atoms with Crippen LogP contribution in [0, 0.1) is 12.8 Å². The minimum atomic E-state index is -0.368. The van der Waals surface area contributed by atoms with Crippen LogP contribution in [-0.4, -0.2) is 30.9 Å². The van der Waals surface area contributed by atoms with E-state index in [2.05, 4.69) is 22.9 Å². The van der Waals surface area contributed by atoms with Gasteiger partial charge in [0.15, 0.2) is 0 Å². The van der Waals surface area contributed by atoms with Gasteiger partial charge in [-0.25, -0.2) is 0 Å². The van der Waals surface area contributed by atoms with Crippen molar-refractivity contribution < 1.29 is 9.59 Å². The number of rotatable bonds is 6. The van der Waals surface area contributed by atoms with Gasteiger partial charge < -0.3 is 16.0 Å². The highest BCUT2D eigenvalue weighted by Crippen LogP contribution is 2.19. The zero-order valence-corrected chi connectivity index (χ0v) is 17.8. The van der Waals surface area contributed by atoms with E-state index in [1.807, 2.05) is 61.5 Å². The van der Waals surface area contributed by atoms with Crippen molar-refractivity contribution >= 4 is 24.2 Å². The van der Waals surface area contributed by atoms with Crippen molar-refractivity contribution in [3.05, 3.63) is 71.3 Å². The van der Waals surface area contributed by atoms with Crippen molar-refractivity contribution in [1.82, 2.24) is 16.0 Å². The highest BCUT2D eigenvalue weighted by molar-refractivity contribution is 5.94. The first-order chi connectivity index (χ1) is 13.5. The molecule has 1 aliphatic rings. The number of hydrogen-bond acceptors (Lipinski definition) is 3. The van der Waals surface area contributed by atoms with Crippen LogP contribution in [0.3, 0.4) is 0 Å². The van der Waals surface area contributed by atoms with Gasteiger partial charge in [0.2, 0.25) is 5.91 Å². The van der Waals surface area contributed by atoms with Crippen molar-refractivity contribution in [3.8, 4) is 0 Å². The van der Waals surface area contributed by atoms with E-state index in [-0.39, 0.29) is 42.7 Å². The summed E-state index contributed by atoms with van der Waals surface area (Å²) in [6.45, 7) is 5.96. The number of hydrogen-bond donors (Lipinski definition) is 3. The van der Waals surface area contributed by atoms with E-state index in [1.54, 1.807) is 0 Å². The molecule has 1 fully saturated rings. The summed E-state index contributed by atoms with van der Waals surface area (Å²) in [6, 6.07) is 16.9. The summed E-state index contributed by atoms with van der Waals surface area (Å²) in [7, 11) is 0. The topological polar surface area (TPSA) is 70.2 Å². The number of carbonyl (C=O) groups is 2. The van der Waals surface area contributed by atoms with E-state index in [0.717, 1.165) is 30.6 Å². The lowest BCUT2D eigenvalue weighted by molar-refractivity contribution is -0.122. The maximum absolute atomic E-state index is 12.7. The average molecular weight is 416 g/mol. The van der Waals surface area contributed by atoms with Gasteiger partial charge in [0.05, 0.1) is 12.5 Å². The molecule has 1 saturated heterocycles. The molecule has 6 heteroatoms. The Labute approximate surface area is 179 Å². The predicted octanol–water partition coefficient (Wildman–Crippen LogP) is 3.39. The Morgan fingerprint density at radius 3 is 2.45 bits per heavy atom. The first-order valence-electron chi connectivity index (χ1n) is 9.95. The first kappa shape index (κ1) is 22.9. The third-order valence-electron chi connectivity index (χ3n) is 5.34. The molecule has 29 heavy (non-hydrogen) atoms. The number of benzene rings is 2. The molecule has 0 radical (unpaired) electrons. The number of halogens is 1. The zero-order chi connectivity index (χ0) is 19.9. The van der Waals surface area contributed by atoms with Gasteiger partial charge in [-0.15, -0.1) is 12.4 Å². The third-order valence-corrected chi connectivity index (χ3v) is 5.34. The molecule has 0 spiro atoms. The van der Waals surface area contributed by atoms with Crippen molar-refractivity contribution in [2.75, 3.05) is 13.1 Å². The Morgan fingerprint density at radius 1 is 1.10 bits per heavy atom. The van der Waals surface area contributed by atoms with Crippen molar-refractivity contribution in [2.45, 2.75) is 38.8 Å². The molecule has 1 heterocycles. The van der Waals surface area contributed by atoms with E-state index in [1.165, 1.54) is 0 Å². The van der Waals surface area contributed by atoms with Crippen molar-refractivity contribution in [1.29, 1.82) is 0 Å². The molecule has 156 valence electrons. The van der Waals surface area contributed by atoms with E-state index >= 15 is 0 Å². The smallest absolute Gasteiger partial charge is 0.251 e. The second-order valence-electron chi connectivity index (χ2n) is 7.65. The monoisotopic (exact) mass is 415 g/mol. The Hall–Kier alpha value is -2.37. The largest absolute Gasteiger partial charge is 0.353 e. The van der Waals surface area contributed by atoms with Crippen LogP contribution in [0.2, 0.25) is 0 Å². The lowest BCUT2D eigenvalue weighted by atomic mass is 9.94. The minimum absolute atomic E-state index is 0. The molecule has 0 saturated carbocycles. The van der Waals surface area contributed by atoms with Gasteiger partial charge in [-0.05, 0) is 50.0 Å². The molecule has 0 bridgehead atoms. The fourth-order valence-corrected chi connectivity index (χ4v) is 3.56. The summed E-state index contributed by atoms with van der Waals surface area (Å²) in [4.78, 5) is 25.4. The second-order valence-corrected chi connectivity index (χ2v) is 7.65. The van der Waals surface area contributed by atoms with Crippen LogP contribution in [0.4, 0.5) is 0 Å².